The van der Waals surface area contributed by atoms with Gasteiger partial charge in [-0.2, -0.15) is 0 Å². The summed E-state index contributed by atoms with van der Waals surface area (Å²) in [6.07, 6.45) is 0. The predicted molar refractivity (Wildman–Crippen MR) is 76.6 cm³/mol. The topological polar surface area (TPSA) is 52.9 Å². The number of benzene rings is 1. The van der Waals surface area contributed by atoms with E-state index in [9.17, 15) is 0 Å². The highest BCUT2D eigenvalue weighted by Gasteiger charge is 2.18. The molecule has 0 radical (unpaired) electrons. The van der Waals surface area contributed by atoms with Gasteiger partial charge in [-0.25, -0.2) is 0 Å². The van der Waals surface area contributed by atoms with E-state index in [0.29, 0.717) is 23.8 Å². The van der Waals surface area contributed by atoms with Gasteiger partial charge in [-0.15, -0.1) is 0 Å². The SMILES string of the molecule is CNCc1ccc(-c2ccc(OC)c(OC)c2OC)o1. The maximum atomic E-state index is 5.79. The number of nitrogens with one attached hydrogen (secondary N) is 1. The van der Waals surface area contributed by atoms with Crippen LogP contribution in [0.2, 0.25) is 0 Å². The molecule has 0 spiro atoms. The van der Waals surface area contributed by atoms with Crippen molar-refractivity contribution in [2.24, 2.45) is 0 Å². The molecule has 1 aromatic heterocycles. The maximum absolute atomic E-state index is 5.79. The van der Waals surface area contributed by atoms with Crippen molar-refractivity contribution in [1.82, 2.24) is 5.32 Å². The monoisotopic (exact) mass is 277 g/mol. The summed E-state index contributed by atoms with van der Waals surface area (Å²) in [6.45, 7) is 0.676. The van der Waals surface area contributed by atoms with Crippen molar-refractivity contribution in [3.8, 4) is 28.6 Å². The Kier molecular flexibility index (Phi) is 4.53. The fourth-order valence-electron chi connectivity index (χ4n) is 2.09. The summed E-state index contributed by atoms with van der Waals surface area (Å²) in [5, 5.41) is 3.05. The van der Waals surface area contributed by atoms with Crippen molar-refractivity contribution >= 4 is 0 Å². The highest BCUT2D eigenvalue weighted by molar-refractivity contribution is 5.73. The molecule has 0 amide bonds. The minimum Gasteiger partial charge on any atom is -0.493 e. The van der Waals surface area contributed by atoms with E-state index in [1.807, 2.05) is 31.3 Å². The van der Waals surface area contributed by atoms with Gasteiger partial charge in [0, 0.05) is 0 Å². The second kappa shape index (κ2) is 6.34. The van der Waals surface area contributed by atoms with Gasteiger partial charge in [-0.3, -0.25) is 0 Å². The number of ether oxygens (including phenoxy) is 3. The molecule has 1 aromatic carbocycles. The molecule has 20 heavy (non-hydrogen) atoms. The Morgan fingerprint density at radius 1 is 0.950 bits per heavy atom. The maximum Gasteiger partial charge on any atom is 0.204 e. The average molecular weight is 277 g/mol. The molecule has 0 aliphatic rings. The lowest BCUT2D eigenvalue weighted by molar-refractivity contribution is 0.324. The molecule has 2 rings (SSSR count). The van der Waals surface area contributed by atoms with Crippen LogP contribution in [0.15, 0.2) is 28.7 Å². The Labute approximate surface area is 118 Å². The lowest BCUT2D eigenvalue weighted by Gasteiger charge is -2.14. The zero-order valence-corrected chi connectivity index (χ0v) is 12.1. The summed E-state index contributed by atoms with van der Waals surface area (Å²) in [5.74, 6) is 3.36. The molecule has 0 bridgehead atoms. The van der Waals surface area contributed by atoms with E-state index in [4.69, 9.17) is 18.6 Å². The second-order valence-corrected chi connectivity index (χ2v) is 4.18. The molecule has 0 fully saturated rings. The Morgan fingerprint density at radius 3 is 2.30 bits per heavy atom. The fourth-order valence-corrected chi connectivity index (χ4v) is 2.09. The zero-order valence-electron chi connectivity index (χ0n) is 12.1. The van der Waals surface area contributed by atoms with E-state index < -0.39 is 0 Å². The van der Waals surface area contributed by atoms with Crippen molar-refractivity contribution in [2.75, 3.05) is 28.4 Å². The molecule has 0 aliphatic carbocycles. The van der Waals surface area contributed by atoms with Crippen LogP contribution in [0, 0.1) is 0 Å². The molecular formula is C15H19NO4. The smallest absolute Gasteiger partial charge is 0.204 e. The van der Waals surface area contributed by atoms with Crippen LogP contribution in [-0.4, -0.2) is 28.4 Å². The van der Waals surface area contributed by atoms with Gasteiger partial charge in [0.15, 0.2) is 11.5 Å². The van der Waals surface area contributed by atoms with Gasteiger partial charge >= 0.3 is 0 Å². The van der Waals surface area contributed by atoms with Crippen LogP contribution in [-0.2, 0) is 6.54 Å². The van der Waals surface area contributed by atoms with Crippen molar-refractivity contribution in [1.29, 1.82) is 0 Å². The largest absolute Gasteiger partial charge is 0.493 e. The molecule has 1 heterocycles. The van der Waals surface area contributed by atoms with Gasteiger partial charge in [0.25, 0.3) is 0 Å². The molecule has 0 atom stereocenters. The van der Waals surface area contributed by atoms with Crippen LogP contribution >= 0.6 is 0 Å². The predicted octanol–water partition coefficient (Wildman–Crippen LogP) is 2.69. The summed E-state index contributed by atoms with van der Waals surface area (Å²) in [4.78, 5) is 0. The van der Waals surface area contributed by atoms with E-state index in [1.54, 1.807) is 21.3 Å². The van der Waals surface area contributed by atoms with Gasteiger partial charge in [-0.1, -0.05) is 0 Å². The van der Waals surface area contributed by atoms with E-state index in [-0.39, 0.29) is 0 Å². The Morgan fingerprint density at radius 2 is 1.70 bits per heavy atom. The van der Waals surface area contributed by atoms with Crippen LogP contribution in [0.1, 0.15) is 5.76 Å². The summed E-state index contributed by atoms with van der Waals surface area (Å²) < 4.78 is 21.9. The number of furan rings is 1. The molecule has 2 aromatic rings. The van der Waals surface area contributed by atoms with Crippen molar-refractivity contribution in [2.45, 2.75) is 6.54 Å². The second-order valence-electron chi connectivity index (χ2n) is 4.18. The fraction of sp³-hybridized carbons (Fsp3) is 0.333. The highest BCUT2D eigenvalue weighted by Crippen LogP contribution is 2.44. The summed E-state index contributed by atoms with van der Waals surface area (Å²) in [5.41, 5.74) is 0.826. The van der Waals surface area contributed by atoms with E-state index in [0.717, 1.165) is 17.1 Å². The lowest BCUT2D eigenvalue weighted by atomic mass is 10.1. The molecule has 108 valence electrons. The number of hydrogen-bond acceptors (Lipinski definition) is 5. The van der Waals surface area contributed by atoms with Crippen LogP contribution < -0.4 is 19.5 Å². The van der Waals surface area contributed by atoms with Gasteiger partial charge < -0.3 is 23.9 Å². The first-order chi connectivity index (χ1) is 9.74. The number of methoxy groups -OCH3 is 3. The van der Waals surface area contributed by atoms with Crippen molar-refractivity contribution in [3.63, 3.8) is 0 Å². The van der Waals surface area contributed by atoms with Gasteiger partial charge in [-0.05, 0) is 31.3 Å². The molecule has 5 heteroatoms. The average Bonchev–Trinajstić information content (AvgIpc) is 2.94. The van der Waals surface area contributed by atoms with Crippen molar-refractivity contribution < 1.29 is 18.6 Å². The molecule has 0 saturated carbocycles. The molecule has 0 saturated heterocycles. The zero-order chi connectivity index (χ0) is 14.5. The third kappa shape index (κ3) is 2.58. The minimum absolute atomic E-state index is 0.555. The third-order valence-electron chi connectivity index (χ3n) is 2.98. The van der Waals surface area contributed by atoms with Crippen LogP contribution in [0.4, 0.5) is 0 Å². The molecule has 0 unspecified atom stereocenters. The summed E-state index contributed by atoms with van der Waals surface area (Å²) in [6, 6.07) is 7.57. The highest BCUT2D eigenvalue weighted by atomic mass is 16.5. The lowest BCUT2D eigenvalue weighted by Crippen LogP contribution is -2.03. The summed E-state index contributed by atoms with van der Waals surface area (Å²) >= 11 is 0. The van der Waals surface area contributed by atoms with Gasteiger partial charge in [0.1, 0.15) is 11.5 Å². The van der Waals surface area contributed by atoms with Crippen LogP contribution in [0.5, 0.6) is 17.2 Å². The van der Waals surface area contributed by atoms with E-state index in [2.05, 4.69) is 5.32 Å². The Balaban J connectivity index is 2.49. The van der Waals surface area contributed by atoms with Gasteiger partial charge in [0.05, 0.1) is 33.4 Å². The quantitative estimate of drug-likeness (QED) is 0.879. The number of rotatable bonds is 6. The minimum atomic E-state index is 0.555. The molecule has 5 nitrogen and oxygen atoms in total. The molecule has 0 aliphatic heterocycles. The van der Waals surface area contributed by atoms with Crippen molar-refractivity contribution in [3.05, 3.63) is 30.0 Å². The first-order valence-electron chi connectivity index (χ1n) is 6.27. The number of hydrogen-bond donors (Lipinski definition) is 1. The Bertz CT molecular complexity index is 577. The molecule has 1 N–H and O–H groups in total. The standard InChI is InChI=1S/C15H19NO4/c1-16-9-10-5-7-12(20-10)11-6-8-13(17-2)15(19-4)14(11)18-3/h5-8,16H,9H2,1-4H3. The van der Waals surface area contributed by atoms with E-state index in [1.165, 1.54) is 0 Å². The normalized spacial score (nSPS) is 10.4. The molecular weight excluding hydrogens is 258 g/mol. The van der Waals surface area contributed by atoms with E-state index >= 15 is 0 Å². The third-order valence-corrected chi connectivity index (χ3v) is 2.98. The first-order valence-corrected chi connectivity index (χ1v) is 6.27. The van der Waals surface area contributed by atoms with Crippen LogP contribution in [0.3, 0.4) is 0 Å². The van der Waals surface area contributed by atoms with Gasteiger partial charge in [0.2, 0.25) is 5.75 Å². The summed E-state index contributed by atoms with van der Waals surface area (Å²) in [7, 11) is 6.64. The first kappa shape index (κ1) is 14.3. The van der Waals surface area contributed by atoms with Crippen LogP contribution in [0.25, 0.3) is 11.3 Å². The Hall–Kier alpha value is -2.14.